The first-order valence-electron chi connectivity index (χ1n) is 6.04. The molecule has 3 aromatic heterocycles. The lowest BCUT2D eigenvalue weighted by Crippen LogP contribution is -2.02. The van der Waals surface area contributed by atoms with Gasteiger partial charge in [0.1, 0.15) is 11.3 Å². The van der Waals surface area contributed by atoms with Gasteiger partial charge >= 0.3 is 0 Å². The molecule has 5 heteroatoms. The fourth-order valence-corrected chi connectivity index (χ4v) is 1.75. The van der Waals surface area contributed by atoms with E-state index in [4.69, 9.17) is 0 Å². The van der Waals surface area contributed by atoms with E-state index in [1.54, 1.807) is 12.4 Å². The van der Waals surface area contributed by atoms with Crippen LogP contribution in [0.15, 0.2) is 42.9 Å². The van der Waals surface area contributed by atoms with Crippen LogP contribution < -0.4 is 5.32 Å². The average molecular weight is 251 g/mol. The van der Waals surface area contributed by atoms with E-state index in [0.717, 1.165) is 22.6 Å². The Hall–Kier alpha value is -2.56. The van der Waals surface area contributed by atoms with Crippen molar-refractivity contribution in [2.45, 2.75) is 13.5 Å². The van der Waals surface area contributed by atoms with E-state index in [1.165, 1.54) is 0 Å². The van der Waals surface area contributed by atoms with E-state index in [9.17, 15) is 0 Å². The van der Waals surface area contributed by atoms with Crippen LogP contribution in [0.3, 0.4) is 0 Å². The van der Waals surface area contributed by atoms with Gasteiger partial charge in [-0.1, -0.05) is 6.07 Å². The molecule has 0 amide bonds. The third kappa shape index (κ3) is 2.65. The zero-order valence-corrected chi connectivity index (χ0v) is 10.5. The molecule has 3 aromatic rings. The molecule has 0 aromatic carbocycles. The fraction of sp³-hybridized carbons (Fsp3) is 0.143. The fourth-order valence-electron chi connectivity index (χ4n) is 1.75. The summed E-state index contributed by atoms with van der Waals surface area (Å²) in [5, 5.41) is 3.25. The van der Waals surface area contributed by atoms with Crippen LogP contribution >= 0.6 is 0 Å². The van der Waals surface area contributed by atoms with E-state index < -0.39 is 0 Å². The zero-order valence-electron chi connectivity index (χ0n) is 10.5. The van der Waals surface area contributed by atoms with Gasteiger partial charge in [0.2, 0.25) is 0 Å². The molecule has 0 saturated heterocycles. The maximum Gasteiger partial charge on any atom is 0.180 e. The van der Waals surface area contributed by atoms with E-state index in [-0.39, 0.29) is 0 Å². The normalized spacial score (nSPS) is 10.6. The SMILES string of the molecule is Cc1ccc(CNc2ccc3nccnc3n2)cn1. The Bertz CT molecular complexity index is 694. The zero-order chi connectivity index (χ0) is 13.1. The lowest BCUT2D eigenvalue weighted by molar-refractivity contribution is 1.07. The molecule has 3 rings (SSSR count). The van der Waals surface area contributed by atoms with Gasteiger partial charge in [0.15, 0.2) is 5.65 Å². The molecule has 19 heavy (non-hydrogen) atoms. The number of nitrogens with one attached hydrogen (secondary N) is 1. The maximum atomic E-state index is 4.40. The lowest BCUT2D eigenvalue weighted by Gasteiger charge is -2.06. The van der Waals surface area contributed by atoms with Crippen LogP contribution in [-0.2, 0) is 6.54 Å². The Morgan fingerprint density at radius 1 is 1.00 bits per heavy atom. The maximum absolute atomic E-state index is 4.40. The summed E-state index contributed by atoms with van der Waals surface area (Å²) in [5.41, 5.74) is 3.58. The topological polar surface area (TPSA) is 63.6 Å². The van der Waals surface area contributed by atoms with Crippen LogP contribution in [0.4, 0.5) is 5.82 Å². The molecule has 0 radical (unpaired) electrons. The molecule has 0 bridgehead atoms. The van der Waals surface area contributed by atoms with Gasteiger partial charge in [-0.25, -0.2) is 9.97 Å². The Morgan fingerprint density at radius 3 is 2.74 bits per heavy atom. The highest BCUT2D eigenvalue weighted by Gasteiger charge is 2.00. The number of fused-ring (bicyclic) bond motifs is 1. The predicted molar refractivity (Wildman–Crippen MR) is 73.6 cm³/mol. The van der Waals surface area contributed by atoms with Crippen molar-refractivity contribution in [2.75, 3.05) is 5.32 Å². The Labute approximate surface area is 110 Å². The van der Waals surface area contributed by atoms with E-state index >= 15 is 0 Å². The number of aromatic nitrogens is 4. The van der Waals surface area contributed by atoms with Gasteiger partial charge in [-0.05, 0) is 30.7 Å². The molecule has 0 aliphatic heterocycles. The minimum atomic E-state index is 0.648. The van der Waals surface area contributed by atoms with Crippen LogP contribution in [-0.4, -0.2) is 19.9 Å². The smallest absolute Gasteiger partial charge is 0.180 e. The number of rotatable bonds is 3. The van der Waals surface area contributed by atoms with Crippen molar-refractivity contribution in [1.29, 1.82) is 0 Å². The molecule has 5 nitrogen and oxygen atoms in total. The van der Waals surface area contributed by atoms with Gasteiger partial charge in [0.25, 0.3) is 0 Å². The van der Waals surface area contributed by atoms with Crippen molar-refractivity contribution in [3.05, 3.63) is 54.1 Å². The van der Waals surface area contributed by atoms with Gasteiger partial charge in [-0.15, -0.1) is 0 Å². The van der Waals surface area contributed by atoms with Gasteiger partial charge in [0.05, 0.1) is 0 Å². The molecular weight excluding hydrogens is 238 g/mol. The van der Waals surface area contributed by atoms with Gasteiger partial charge in [-0.3, -0.25) is 9.97 Å². The number of hydrogen-bond acceptors (Lipinski definition) is 5. The van der Waals surface area contributed by atoms with Crippen molar-refractivity contribution in [1.82, 2.24) is 19.9 Å². The van der Waals surface area contributed by atoms with Crippen molar-refractivity contribution in [3.63, 3.8) is 0 Å². The van der Waals surface area contributed by atoms with Crippen LogP contribution in [0.2, 0.25) is 0 Å². The second-order valence-electron chi connectivity index (χ2n) is 4.26. The van der Waals surface area contributed by atoms with E-state index in [0.29, 0.717) is 12.2 Å². The quantitative estimate of drug-likeness (QED) is 0.774. The molecular formula is C14H13N5. The number of anilines is 1. The third-order valence-electron chi connectivity index (χ3n) is 2.78. The highest BCUT2D eigenvalue weighted by molar-refractivity contribution is 5.71. The third-order valence-corrected chi connectivity index (χ3v) is 2.78. The molecule has 0 saturated carbocycles. The standard InChI is InChI=1S/C14H13N5/c1-10-2-3-11(8-17-10)9-18-13-5-4-12-14(19-13)16-7-6-15-12/h2-8H,9H2,1H3,(H,16,18,19). The first-order valence-corrected chi connectivity index (χ1v) is 6.04. The first-order chi connectivity index (χ1) is 9.31. The summed E-state index contributed by atoms with van der Waals surface area (Å²) in [6.45, 7) is 2.66. The summed E-state index contributed by atoms with van der Waals surface area (Å²) in [6.07, 6.45) is 5.17. The molecule has 0 aliphatic rings. The van der Waals surface area contributed by atoms with Gasteiger partial charge in [-0.2, -0.15) is 0 Å². The summed E-state index contributed by atoms with van der Waals surface area (Å²) in [6, 6.07) is 7.86. The molecule has 0 atom stereocenters. The molecule has 1 N–H and O–H groups in total. The van der Waals surface area contributed by atoms with E-state index in [2.05, 4.69) is 31.3 Å². The molecule has 0 spiro atoms. The molecule has 0 fully saturated rings. The Balaban J connectivity index is 1.76. The van der Waals surface area contributed by atoms with Crippen LogP contribution in [0.1, 0.15) is 11.3 Å². The van der Waals surface area contributed by atoms with Crippen molar-refractivity contribution in [2.24, 2.45) is 0 Å². The summed E-state index contributed by atoms with van der Waals surface area (Å²) >= 11 is 0. The van der Waals surface area contributed by atoms with E-state index in [1.807, 2.05) is 31.3 Å². The van der Waals surface area contributed by atoms with Gasteiger partial charge < -0.3 is 5.32 Å². The van der Waals surface area contributed by atoms with Gasteiger partial charge in [0, 0.05) is 30.8 Å². The number of hydrogen-bond donors (Lipinski definition) is 1. The summed E-state index contributed by atoms with van der Waals surface area (Å²) in [7, 11) is 0. The minimum absolute atomic E-state index is 0.648. The minimum Gasteiger partial charge on any atom is -0.366 e. The summed E-state index contributed by atoms with van der Waals surface area (Å²) < 4.78 is 0. The Morgan fingerprint density at radius 2 is 1.89 bits per heavy atom. The molecule has 0 unspecified atom stereocenters. The number of aryl methyl sites for hydroxylation is 1. The molecule has 3 heterocycles. The summed E-state index contributed by atoms with van der Waals surface area (Å²) in [4.78, 5) is 17.0. The van der Waals surface area contributed by atoms with Crippen molar-refractivity contribution >= 4 is 17.0 Å². The molecule has 0 aliphatic carbocycles. The first kappa shape index (κ1) is 11.5. The van der Waals surface area contributed by atoms with Crippen molar-refractivity contribution in [3.8, 4) is 0 Å². The highest BCUT2D eigenvalue weighted by atomic mass is 15.0. The second kappa shape index (κ2) is 4.97. The monoisotopic (exact) mass is 251 g/mol. The molecule has 94 valence electrons. The highest BCUT2D eigenvalue weighted by Crippen LogP contribution is 2.11. The number of pyridine rings is 2. The van der Waals surface area contributed by atoms with Crippen molar-refractivity contribution < 1.29 is 0 Å². The average Bonchev–Trinajstić information content (AvgIpc) is 2.46. The number of nitrogens with zero attached hydrogens (tertiary/aromatic N) is 4. The van der Waals surface area contributed by atoms with Crippen LogP contribution in [0.5, 0.6) is 0 Å². The largest absolute Gasteiger partial charge is 0.366 e. The Kier molecular flexibility index (Phi) is 3.02. The van der Waals surface area contributed by atoms with Crippen LogP contribution in [0.25, 0.3) is 11.2 Å². The predicted octanol–water partition coefficient (Wildman–Crippen LogP) is 2.34. The second-order valence-corrected chi connectivity index (χ2v) is 4.26. The van der Waals surface area contributed by atoms with Crippen LogP contribution in [0, 0.1) is 6.92 Å². The lowest BCUT2D eigenvalue weighted by atomic mass is 10.2. The summed E-state index contributed by atoms with van der Waals surface area (Å²) in [5.74, 6) is 0.786.